The van der Waals surface area contributed by atoms with E-state index in [1.165, 1.54) is 13.8 Å². The molecule has 2 atom stereocenters. The molecular formula is C9H18O4S. The van der Waals surface area contributed by atoms with Gasteiger partial charge in [-0.1, -0.05) is 20.3 Å². The van der Waals surface area contributed by atoms with Crippen LogP contribution in [-0.4, -0.2) is 30.5 Å². The molecule has 0 rings (SSSR count). The van der Waals surface area contributed by atoms with Crippen molar-refractivity contribution in [3.8, 4) is 0 Å². The fourth-order valence-corrected chi connectivity index (χ4v) is 2.84. The number of hydrogen-bond acceptors (Lipinski definition) is 3. The van der Waals surface area contributed by atoms with Gasteiger partial charge in [-0.05, 0) is 13.3 Å². The first-order chi connectivity index (χ1) is 6.33. The Balaban J connectivity index is 4.50. The molecule has 0 aliphatic rings. The van der Waals surface area contributed by atoms with Gasteiger partial charge < -0.3 is 5.11 Å². The standard InChI is InChI=1S/C9H18O4S/c1-4-5-6-14(12,13)8(3)7(2)9(10)11/h7-8H,4-6H2,1-3H3,(H,10,11). The fourth-order valence-electron chi connectivity index (χ4n) is 1.04. The number of carboxylic acids is 1. The minimum Gasteiger partial charge on any atom is -0.481 e. The molecule has 0 aromatic heterocycles. The lowest BCUT2D eigenvalue weighted by molar-refractivity contribution is -0.141. The van der Waals surface area contributed by atoms with Crippen molar-refractivity contribution in [2.45, 2.75) is 38.9 Å². The number of carboxylic acid groups (broad SMARTS) is 1. The summed E-state index contributed by atoms with van der Waals surface area (Å²) in [5.41, 5.74) is 0. The van der Waals surface area contributed by atoms with Crippen LogP contribution in [0.15, 0.2) is 0 Å². The molecule has 84 valence electrons. The number of unbranched alkanes of at least 4 members (excludes halogenated alkanes) is 1. The third kappa shape index (κ3) is 3.65. The minimum absolute atomic E-state index is 0.0856. The monoisotopic (exact) mass is 222 g/mol. The maximum Gasteiger partial charge on any atom is 0.307 e. The molecule has 0 bridgehead atoms. The highest BCUT2D eigenvalue weighted by molar-refractivity contribution is 7.92. The number of rotatable bonds is 6. The first-order valence-electron chi connectivity index (χ1n) is 4.77. The summed E-state index contributed by atoms with van der Waals surface area (Å²) in [7, 11) is -3.25. The van der Waals surface area contributed by atoms with Crippen LogP contribution in [0.4, 0.5) is 0 Å². The van der Waals surface area contributed by atoms with Crippen molar-refractivity contribution in [1.82, 2.24) is 0 Å². The molecule has 0 fully saturated rings. The van der Waals surface area contributed by atoms with E-state index in [2.05, 4.69) is 0 Å². The molecule has 0 aliphatic carbocycles. The van der Waals surface area contributed by atoms with E-state index in [9.17, 15) is 13.2 Å². The summed E-state index contributed by atoms with van der Waals surface area (Å²) in [5.74, 6) is -1.81. The second-order valence-corrected chi connectivity index (χ2v) is 6.03. The third-order valence-electron chi connectivity index (χ3n) is 2.44. The van der Waals surface area contributed by atoms with Crippen molar-refractivity contribution >= 4 is 15.8 Å². The Morgan fingerprint density at radius 3 is 2.21 bits per heavy atom. The first-order valence-corrected chi connectivity index (χ1v) is 6.48. The van der Waals surface area contributed by atoms with E-state index in [1.807, 2.05) is 6.92 Å². The summed E-state index contributed by atoms with van der Waals surface area (Å²) >= 11 is 0. The Morgan fingerprint density at radius 2 is 1.86 bits per heavy atom. The highest BCUT2D eigenvalue weighted by atomic mass is 32.2. The van der Waals surface area contributed by atoms with Gasteiger partial charge in [-0.3, -0.25) is 4.79 Å². The summed E-state index contributed by atoms with van der Waals surface area (Å²) < 4.78 is 23.1. The minimum atomic E-state index is -3.25. The Labute approximate surface area is 85.2 Å². The number of hydrogen-bond donors (Lipinski definition) is 1. The topological polar surface area (TPSA) is 71.4 Å². The maximum absolute atomic E-state index is 11.6. The molecule has 0 aromatic carbocycles. The lowest BCUT2D eigenvalue weighted by Gasteiger charge is -2.16. The van der Waals surface area contributed by atoms with Crippen LogP contribution >= 0.6 is 0 Å². The zero-order valence-corrected chi connectivity index (χ0v) is 9.67. The Bertz CT molecular complexity index is 281. The molecule has 5 heteroatoms. The SMILES string of the molecule is CCCCS(=O)(=O)C(C)C(C)C(=O)O. The Kier molecular flexibility index (Phi) is 5.12. The summed E-state index contributed by atoms with van der Waals surface area (Å²) in [6.45, 7) is 4.79. The quantitative estimate of drug-likeness (QED) is 0.735. The van der Waals surface area contributed by atoms with Gasteiger partial charge in [-0.25, -0.2) is 8.42 Å². The molecule has 4 nitrogen and oxygen atoms in total. The van der Waals surface area contributed by atoms with E-state index in [0.29, 0.717) is 6.42 Å². The van der Waals surface area contributed by atoms with Crippen LogP contribution < -0.4 is 0 Å². The fraction of sp³-hybridized carbons (Fsp3) is 0.889. The predicted octanol–water partition coefficient (Wildman–Crippen LogP) is 1.31. The van der Waals surface area contributed by atoms with Gasteiger partial charge in [0.15, 0.2) is 9.84 Å². The number of aliphatic carboxylic acids is 1. The van der Waals surface area contributed by atoms with Gasteiger partial charge in [0.2, 0.25) is 0 Å². The highest BCUT2D eigenvalue weighted by Gasteiger charge is 2.30. The second-order valence-electron chi connectivity index (χ2n) is 3.55. The highest BCUT2D eigenvalue weighted by Crippen LogP contribution is 2.14. The molecule has 0 aromatic rings. The average molecular weight is 222 g/mol. The number of sulfone groups is 1. The van der Waals surface area contributed by atoms with Crippen LogP contribution in [0.2, 0.25) is 0 Å². The van der Waals surface area contributed by atoms with Crippen LogP contribution in [-0.2, 0) is 14.6 Å². The van der Waals surface area contributed by atoms with E-state index >= 15 is 0 Å². The molecule has 0 heterocycles. The molecule has 1 N–H and O–H groups in total. The smallest absolute Gasteiger partial charge is 0.307 e. The normalized spacial score (nSPS) is 16.2. The number of carbonyl (C=O) groups is 1. The van der Waals surface area contributed by atoms with Gasteiger partial charge >= 0.3 is 5.97 Å². The van der Waals surface area contributed by atoms with Crippen molar-refractivity contribution in [3.63, 3.8) is 0 Å². The second kappa shape index (κ2) is 5.34. The lowest BCUT2D eigenvalue weighted by atomic mass is 10.1. The van der Waals surface area contributed by atoms with Gasteiger partial charge in [-0.2, -0.15) is 0 Å². The zero-order chi connectivity index (χ0) is 11.4. The van der Waals surface area contributed by atoms with E-state index in [4.69, 9.17) is 5.11 Å². The predicted molar refractivity (Wildman–Crippen MR) is 55.0 cm³/mol. The molecule has 0 saturated carbocycles. The van der Waals surface area contributed by atoms with Crippen LogP contribution in [0, 0.1) is 5.92 Å². The average Bonchev–Trinajstić information content (AvgIpc) is 2.12. The van der Waals surface area contributed by atoms with Gasteiger partial charge in [-0.15, -0.1) is 0 Å². The van der Waals surface area contributed by atoms with E-state index in [0.717, 1.165) is 6.42 Å². The molecule has 0 spiro atoms. The van der Waals surface area contributed by atoms with Crippen LogP contribution in [0.5, 0.6) is 0 Å². The lowest BCUT2D eigenvalue weighted by Crippen LogP contribution is -2.32. The summed E-state index contributed by atoms with van der Waals surface area (Å²) in [5, 5.41) is 7.88. The summed E-state index contributed by atoms with van der Waals surface area (Å²) in [4.78, 5) is 10.6. The van der Waals surface area contributed by atoms with Crippen molar-refractivity contribution in [2.24, 2.45) is 5.92 Å². The summed E-state index contributed by atoms with van der Waals surface area (Å²) in [6.07, 6.45) is 1.40. The van der Waals surface area contributed by atoms with Crippen molar-refractivity contribution in [3.05, 3.63) is 0 Å². The summed E-state index contributed by atoms with van der Waals surface area (Å²) in [6, 6.07) is 0. The van der Waals surface area contributed by atoms with Crippen LogP contribution in [0.25, 0.3) is 0 Å². The molecule has 0 saturated heterocycles. The molecule has 2 unspecified atom stereocenters. The maximum atomic E-state index is 11.6. The van der Waals surface area contributed by atoms with Crippen molar-refractivity contribution < 1.29 is 18.3 Å². The van der Waals surface area contributed by atoms with Crippen LogP contribution in [0.3, 0.4) is 0 Å². The Morgan fingerprint density at radius 1 is 1.36 bits per heavy atom. The van der Waals surface area contributed by atoms with Gasteiger partial charge in [0.1, 0.15) is 0 Å². The van der Waals surface area contributed by atoms with E-state index < -0.39 is 27.0 Å². The third-order valence-corrected chi connectivity index (χ3v) is 4.84. The van der Waals surface area contributed by atoms with E-state index in [-0.39, 0.29) is 5.75 Å². The largest absolute Gasteiger partial charge is 0.481 e. The molecule has 0 amide bonds. The molecular weight excluding hydrogens is 204 g/mol. The van der Waals surface area contributed by atoms with Crippen molar-refractivity contribution in [1.29, 1.82) is 0 Å². The van der Waals surface area contributed by atoms with Gasteiger partial charge in [0.05, 0.1) is 16.9 Å². The first kappa shape index (κ1) is 13.4. The van der Waals surface area contributed by atoms with E-state index in [1.54, 1.807) is 0 Å². The van der Waals surface area contributed by atoms with Gasteiger partial charge in [0, 0.05) is 0 Å². The van der Waals surface area contributed by atoms with Gasteiger partial charge in [0.25, 0.3) is 0 Å². The van der Waals surface area contributed by atoms with Crippen LogP contribution in [0.1, 0.15) is 33.6 Å². The molecule has 0 aliphatic heterocycles. The molecule has 14 heavy (non-hydrogen) atoms. The van der Waals surface area contributed by atoms with Crippen molar-refractivity contribution in [2.75, 3.05) is 5.75 Å². The zero-order valence-electron chi connectivity index (χ0n) is 8.86. The Hall–Kier alpha value is -0.580. The molecule has 0 radical (unpaired) electrons.